The highest BCUT2D eigenvalue weighted by molar-refractivity contribution is 5.80. The standard InChI is InChI=1S/2C10H16O2.2C5H14NO.CH2O3.CH4/c2*1-8(2)5-4-6-9(3)7-10(11)12;2*1-6(2,3)4-5-7;2-1-4-3;/h2*5,7H,4,6H2,1-3H3,(H,11,12);2*7H,4-5H2,1-3H3;1,3H;1H4/q;;2*+1;;/p-2/b2*9-7+;;;;. The Hall–Kier alpha value is -2.83. The molecule has 11 nitrogen and oxygen atoms in total. The first-order valence-electron chi connectivity index (χ1n) is 13.7. The second-order valence-electron chi connectivity index (χ2n) is 11.9. The van der Waals surface area contributed by atoms with Gasteiger partial charge in [0, 0.05) is 6.08 Å². The summed E-state index contributed by atoms with van der Waals surface area (Å²) in [5.41, 5.74) is 4.31. The highest BCUT2D eigenvalue weighted by Gasteiger charge is 2.03. The number of rotatable bonds is 13. The second kappa shape index (κ2) is 33.7. The predicted octanol–water partition coefficient (Wildman–Crippen LogP) is 2.63. The number of hydrogen-bond acceptors (Lipinski definition) is 8. The van der Waals surface area contributed by atoms with Crippen molar-refractivity contribution >= 4 is 18.4 Å². The molecule has 0 aliphatic heterocycles. The van der Waals surface area contributed by atoms with Crippen LogP contribution in [0.25, 0.3) is 0 Å². The quantitative estimate of drug-likeness (QED) is 0.0700. The van der Waals surface area contributed by atoms with Crippen LogP contribution in [0.4, 0.5) is 0 Å². The van der Waals surface area contributed by atoms with Crippen LogP contribution in [0.2, 0.25) is 0 Å². The summed E-state index contributed by atoms with van der Waals surface area (Å²) in [6.45, 7) is 13.8. The van der Waals surface area contributed by atoms with Gasteiger partial charge >= 0.3 is 5.97 Å². The molecule has 11 heteroatoms. The van der Waals surface area contributed by atoms with Gasteiger partial charge in [0.1, 0.15) is 13.1 Å². The Kier molecular flexibility index (Phi) is 41.3. The summed E-state index contributed by atoms with van der Waals surface area (Å²) in [6, 6.07) is 0. The van der Waals surface area contributed by atoms with Crippen molar-refractivity contribution in [3.05, 3.63) is 46.6 Å². The van der Waals surface area contributed by atoms with Crippen molar-refractivity contribution in [2.45, 2.75) is 74.7 Å². The molecule has 0 radical (unpaired) electrons. The first-order valence-corrected chi connectivity index (χ1v) is 13.7. The van der Waals surface area contributed by atoms with Crippen molar-refractivity contribution in [1.82, 2.24) is 0 Å². The zero-order valence-corrected chi connectivity index (χ0v) is 28.2. The van der Waals surface area contributed by atoms with Crippen LogP contribution in [-0.2, 0) is 19.3 Å². The molecule has 0 aromatic carbocycles. The molecule has 0 unspecified atom stereocenters. The molecule has 0 atom stereocenters. The maximum absolute atomic E-state index is 10.2. The lowest BCUT2D eigenvalue weighted by Gasteiger charge is -2.21. The third kappa shape index (κ3) is 79.0. The third-order valence-corrected chi connectivity index (χ3v) is 4.50. The van der Waals surface area contributed by atoms with E-state index in [0.717, 1.165) is 65.0 Å². The fourth-order valence-electron chi connectivity index (χ4n) is 2.33. The molecule has 0 amide bonds. The number of aliphatic carboxylic acids is 2. The number of carbonyl (C=O) groups is 3. The van der Waals surface area contributed by atoms with Crippen molar-refractivity contribution in [3.8, 4) is 0 Å². The van der Waals surface area contributed by atoms with Crippen molar-refractivity contribution in [3.63, 3.8) is 0 Å². The fourth-order valence-corrected chi connectivity index (χ4v) is 2.33. The van der Waals surface area contributed by atoms with E-state index >= 15 is 0 Å². The van der Waals surface area contributed by atoms with E-state index in [2.05, 4.69) is 59.3 Å². The van der Waals surface area contributed by atoms with Crippen LogP contribution in [0.15, 0.2) is 46.6 Å². The Bertz CT molecular complexity index is 746. The molecule has 0 spiro atoms. The number of carbonyl (C=O) groups excluding carboxylic acids is 2. The van der Waals surface area contributed by atoms with E-state index in [9.17, 15) is 14.7 Å². The van der Waals surface area contributed by atoms with E-state index in [-0.39, 0.29) is 27.1 Å². The Labute approximate surface area is 262 Å². The van der Waals surface area contributed by atoms with Crippen molar-refractivity contribution in [2.24, 2.45) is 0 Å². The molecule has 0 aliphatic carbocycles. The summed E-state index contributed by atoms with van der Waals surface area (Å²) in [7, 11) is 12.3. The van der Waals surface area contributed by atoms with Crippen LogP contribution in [0.1, 0.15) is 74.7 Å². The molecule has 43 heavy (non-hydrogen) atoms. The van der Waals surface area contributed by atoms with E-state index in [1.807, 2.05) is 34.6 Å². The minimum Gasteiger partial charge on any atom is -0.662 e. The molecule has 256 valence electrons. The first kappa shape index (κ1) is 52.8. The van der Waals surface area contributed by atoms with Gasteiger partial charge in [0.2, 0.25) is 0 Å². The van der Waals surface area contributed by atoms with Gasteiger partial charge in [-0.05, 0) is 73.3 Å². The highest BCUT2D eigenvalue weighted by atomic mass is 17.1. The maximum atomic E-state index is 10.2. The van der Waals surface area contributed by atoms with Gasteiger partial charge in [0.15, 0.2) is 0 Å². The SMILES string of the molecule is C.CC(C)=CCC/C(C)=C/C(=O)O.CC(C)=CCC/C(C)=C/C(=O)[O-].C[N+](C)(C)CCO.C[N+](C)(C)CCO.O=CO[O-]. The molecule has 0 aromatic heterocycles. The lowest BCUT2D eigenvalue weighted by molar-refractivity contribution is -0.870. The number of aliphatic hydroxyl groups is 2. The Morgan fingerprint density at radius 1 is 0.721 bits per heavy atom. The number of nitrogens with zero attached hydrogens (tertiary/aromatic N) is 2. The molecule has 0 saturated heterocycles. The number of allylic oxidation sites excluding steroid dienone is 6. The van der Waals surface area contributed by atoms with Crippen LogP contribution in [0.5, 0.6) is 0 Å². The van der Waals surface area contributed by atoms with Crippen LogP contribution >= 0.6 is 0 Å². The summed E-state index contributed by atoms with van der Waals surface area (Å²) in [5.74, 6) is -1.96. The van der Waals surface area contributed by atoms with Gasteiger partial charge < -0.3 is 44.3 Å². The van der Waals surface area contributed by atoms with Crippen molar-refractivity contribution in [1.29, 1.82) is 0 Å². The number of hydrogen-bond donors (Lipinski definition) is 3. The minimum absolute atomic E-state index is 0. The molecule has 0 heterocycles. The van der Waals surface area contributed by atoms with Crippen LogP contribution in [-0.4, -0.2) is 111 Å². The van der Waals surface area contributed by atoms with E-state index in [1.165, 1.54) is 17.2 Å². The van der Waals surface area contributed by atoms with Gasteiger partial charge in [0.25, 0.3) is 6.47 Å². The van der Waals surface area contributed by atoms with Crippen LogP contribution in [0, 0.1) is 0 Å². The summed E-state index contributed by atoms with van der Waals surface area (Å²) < 4.78 is 1.69. The molecular formula is C32H64N2O9. The average molecular weight is 621 g/mol. The van der Waals surface area contributed by atoms with Gasteiger partial charge in [0.05, 0.1) is 61.5 Å². The van der Waals surface area contributed by atoms with Gasteiger partial charge in [-0.2, -0.15) is 0 Å². The van der Waals surface area contributed by atoms with E-state index in [1.54, 1.807) is 6.92 Å². The summed E-state index contributed by atoms with van der Waals surface area (Å²) in [5, 5.41) is 43.7. The number of likely N-dealkylation sites (N-methyl/N-ethyl adjacent to an activating group) is 2. The number of quaternary nitrogens is 2. The first-order chi connectivity index (χ1) is 19.1. The van der Waals surface area contributed by atoms with Gasteiger partial charge in [-0.3, -0.25) is 4.79 Å². The average Bonchev–Trinajstić information content (AvgIpc) is 2.77. The molecule has 0 saturated carbocycles. The molecule has 0 aromatic rings. The van der Waals surface area contributed by atoms with E-state index in [0.29, 0.717) is 0 Å². The third-order valence-electron chi connectivity index (χ3n) is 4.50. The van der Waals surface area contributed by atoms with E-state index < -0.39 is 11.9 Å². The Balaban J connectivity index is -0.000000104. The summed E-state index contributed by atoms with van der Waals surface area (Å²) >= 11 is 0. The Morgan fingerprint density at radius 3 is 1.19 bits per heavy atom. The molecule has 0 aliphatic rings. The molecular weight excluding hydrogens is 556 g/mol. The van der Waals surface area contributed by atoms with Crippen LogP contribution < -0.4 is 10.4 Å². The van der Waals surface area contributed by atoms with Gasteiger partial charge in [-0.15, -0.1) is 0 Å². The number of carboxylic acids is 2. The zero-order valence-electron chi connectivity index (χ0n) is 28.2. The predicted molar refractivity (Wildman–Crippen MR) is 171 cm³/mol. The van der Waals surface area contributed by atoms with Crippen molar-refractivity contribution < 1.29 is 53.9 Å². The zero-order chi connectivity index (χ0) is 34.4. The Morgan fingerprint density at radius 2 is 1.02 bits per heavy atom. The topological polar surface area (TPSA) is 167 Å². The highest BCUT2D eigenvalue weighted by Crippen LogP contribution is 2.06. The number of carboxylic acid groups (broad SMARTS) is 2. The molecule has 0 rings (SSSR count). The monoisotopic (exact) mass is 620 g/mol. The summed E-state index contributed by atoms with van der Waals surface area (Å²) in [4.78, 5) is 31.6. The maximum Gasteiger partial charge on any atom is 0.328 e. The molecule has 0 fully saturated rings. The normalized spacial score (nSPS) is 10.6. The lowest BCUT2D eigenvalue weighted by atomic mass is 10.1. The van der Waals surface area contributed by atoms with Crippen molar-refractivity contribution in [2.75, 3.05) is 68.6 Å². The summed E-state index contributed by atoms with van der Waals surface area (Å²) in [6.07, 6.45) is 10.1. The van der Waals surface area contributed by atoms with Gasteiger partial charge in [-0.25, -0.2) is 4.79 Å². The largest absolute Gasteiger partial charge is 0.662 e. The second-order valence-corrected chi connectivity index (χ2v) is 11.9. The molecule has 3 N–H and O–H groups in total. The molecule has 0 bridgehead atoms. The smallest absolute Gasteiger partial charge is 0.328 e. The van der Waals surface area contributed by atoms with Gasteiger partial charge in [-0.1, -0.05) is 41.9 Å². The lowest BCUT2D eigenvalue weighted by Crippen LogP contribution is -2.36. The number of aliphatic hydroxyl groups excluding tert-OH is 2. The van der Waals surface area contributed by atoms with E-state index in [4.69, 9.17) is 25.4 Å². The van der Waals surface area contributed by atoms with Crippen LogP contribution in [0.3, 0.4) is 0 Å². The minimum atomic E-state index is -1.11. The fraction of sp³-hybridized carbons (Fsp3) is 0.656.